The van der Waals surface area contributed by atoms with Gasteiger partial charge in [-0.15, -0.1) is 0 Å². The lowest BCUT2D eigenvalue weighted by Crippen LogP contribution is -2.45. The number of hydroxylamine groups is 2. The average molecular weight is 373 g/mol. The van der Waals surface area contributed by atoms with Gasteiger partial charge in [-0.05, 0) is 67.7 Å². The second kappa shape index (κ2) is 8.11. The normalized spacial score (nSPS) is 19.7. The van der Waals surface area contributed by atoms with Crippen LogP contribution in [0.3, 0.4) is 0 Å². The third-order valence-corrected chi connectivity index (χ3v) is 6.22. The average Bonchev–Trinajstić information content (AvgIpc) is 3.48. The molecule has 0 N–H and O–H groups in total. The van der Waals surface area contributed by atoms with Gasteiger partial charge in [0, 0.05) is 25.9 Å². The second-order valence-corrected chi connectivity index (χ2v) is 8.19. The van der Waals surface area contributed by atoms with Crippen molar-refractivity contribution in [3.63, 3.8) is 0 Å². The Bertz CT molecular complexity index is 715. The first-order valence-electron chi connectivity index (χ1n) is 9.88. The highest BCUT2D eigenvalue weighted by Gasteiger charge is 2.44. The third-order valence-electron chi connectivity index (χ3n) is 6.22. The van der Waals surface area contributed by atoms with Crippen molar-refractivity contribution >= 4 is 11.8 Å². The highest BCUT2D eigenvalue weighted by molar-refractivity contribution is 5.88. The number of aryl methyl sites for hydroxylation is 2. The summed E-state index contributed by atoms with van der Waals surface area (Å²) in [6.45, 7) is 5.49. The highest BCUT2D eigenvalue weighted by atomic mass is 16.7. The van der Waals surface area contributed by atoms with Crippen LogP contribution in [0.15, 0.2) is 12.1 Å². The molecule has 5 nitrogen and oxygen atoms in total. The standard InChI is InChI=1S/C22H31NO4/c1-15-11-16(2)20(17-5-6-17)13-18(15)12-19(24)14-22(21(25)26-3)7-9-23(27-4)10-8-22/h11,13,17H,5-10,12,14H2,1-4H3. The van der Waals surface area contributed by atoms with Crippen molar-refractivity contribution in [2.45, 2.75) is 58.3 Å². The van der Waals surface area contributed by atoms with Crippen LogP contribution in [0.1, 0.15) is 60.3 Å². The lowest BCUT2D eigenvalue weighted by Gasteiger charge is -2.38. The molecule has 1 aromatic rings. The molecule has 2 aliphatic rings. The van der Waals surface area contributed by atoms with E-state index in [1.54, 1.807) is 7.11 Å². The molecule has 1 aliphatic heterocycles. The number of nitrogens with zero attached hydrogens (tertiary/aromatic N) is 1. The summed E-state index contributed by atoms with van der Waals surface area (Å²) in [5.74, 6) is 0.505. The van der Waals surface area contributed by atoms with E-state index in [0.717, 1.165) is 11.1 Å². The number of hydrogen-bond donors (Lipinski definition) is 0. The molecule has 3 rings (SSSR count). The van der Waals surface area contributed by atoms with Gasteiger partial charge in [0.15, 0.2) is 0 Å². The maximum Gasteiger partial charge on any atom is 0.312 e. The molecule has 1 saturated heterocycles. The number of Topliss-reactive ketones (excluding diaryl/α,β-unsaturated/α-hetero) is 1. The zero-order valence-electron chi connectivity index (χ0n) is 17.0. The van der Waals surface area contributed by atoms with Crippen molar-refractivity contribution in [3.05, 3.63) is 34.4 Å². The number of ether oxygens (including phenoxy) is 1. The van der Waals surface area contributed by atoms with Crippen molar-refractivity contribution in [1.82, 2.24) is 5.06 Å². The Morgan fingerprint density at radius 2 is 1.78 bits per heavy atom. The van der Waals surface area contributed by atoms with Crippen LogP contribution < -0.4 is 0 Å². The number of esters is 1. The molecular formula is C22H31NO4. The molecule has 5 heteroatoms. The predicted molar refractivity (Wildman–Crippen MR) is 103 cm³/mol. The molecule has 1 aromatic carbocycles. The minimum Gasteiger partial charge on any atom is -0.469 e. The first kappa shape index (κ1) is 20.0. The number of piperidine rings is 1. The van der Waals surface area contributed by atoms with Gasteiger partial charge in [-0.1, -0.05) is 12.1 Å². The summed E-state index contributed by atoms with van der Waals surface area (Å²) >= 11 is 0. The molecule has 27 heavy (non-hydrogen) atoms. The van der Waals surface area contributed by atoms with Crippen LogP contribution in [-0.4, -0.2) is 44.1 Å². The monoisotopic (exact) mass is 373 g/mol. The molecule has 0 spiro atoms. The largest absolute Gasteiger partial charge is 0.469 e. The van der Waals surface area contributed by atoms with Gasteiger partial charge in [0.1, 0.15) is 5.78 Å². The van der Waals surface area contributed by atoms with Crippen LogP contribution in [0.2, 0.25) is 0 Å². The van der Waals surface area contributed by atoms with Gasteiger partial charge in [0.2, 0.25) is 0 Å². The van der Waals surface area contributed by atoms with E-state index in [0.29, 0.717) is 38.3 Å². The molecular weight excluding hydrogens is 342 g/mol. The van der Waals surface area contributed by atoms with Crippen LogP contribution in [0.25, 0.3) is 0 Å². The van der Waals surface area contributed by atoms with Gasteiger partial charge < -0.3 is 9.57 Å². The van der Waals surface area contributed by atoms with E-state index in [1.807, 2.05) is 5.06 Å². The molecule has 1 heterocycles. The second-order valence-electron chi connectivity index (χ2n) is 8.19. The third kappa shape index (κ3) is 4.41. The lowest BCUT2D eigenvalue weighted by molar-refractivity contribution is -0.179. The summed E-state index contributed by atoms with van der Waals surface area (Å²) in [5.41, 5.74) is 4.25. The molecule has 0 aromatic heterocycles. The van der Waals surface area contributed by atoms with Gasteiger partial charge in [-0.25, -0.2) is 0 Å². The molecule has 2 fully saturated rings. The van der Waals surface area contributed by atoms with Crippen molar-refractivity contribution in [1.29, 1.82) is 0 Å². The van der Waals surface area contributed by atoms with E-state index in [9.17, 15) is 9.59 Å². The molecule has 1 aliphatic carbocycles. The number of hydrogen-bond acceptors (Lipinski definition) is 5. The Morgan fingerprint density at radius 1 is 1.11 bits per heavy atom. The Morgan fingerprint density at radius 3 is 2.33 bits per heavy atom. The van der Waals surface area contributed by atoms with Gasteiger partial charge >= 0.3 is 5.97 Å². The summed E-state index contributed by atoms with van der Waals surface area (Å²) in [4.78, 5) is 30.7. The van der Waals surface area contributed by atoms with E-state index in [4.69, 9.17) is 9.57 Å². The SMILES string of the molecule is COC(=O)C1(CC(=O)Cc2cc(C3CC3)c(C)cc2C)CCN(OC)CC1. The molecule has 0 radical (unpaired) electrons. The summed E-state index contributed by atoms with van der Waals surface area (Å²) < 4.78 is 5.06. The van der Waals surface area contributed by atoms with E-state index < -0.39 is 5.41 Å². The van der Waals surface area contributed by atoms with Crippen LogP contribution in [0.5, 0.6) is 0 Å². The highest BCUT2D eigenvalue weighted by Crippen LogP contribution is 2.42. The van der Waals surface area contributed by atoms with Gasteiger partial charge in [-0.2, -0.15) is 5.06 Å². The summed E-state index contributed by atoms with van der Waals surface area (Å²) in [6.07, 6.45) is 4.29. The van der Waals surface area contributed by atoms with Gasteiger partial charge in [0.05, 0.1) is 19.6 Å². The minimum absolute atomic E-state index is 0.111. The summed E-state index contributed by atoms with van der Waals surface area (Å²) in [7, 11) is 3.04. The summed E-state index contributed by atoms with van der Waals surface area (Å²) in [6, 6.07) is 4.42. The first-order valence-corrected chi connectivity index (χ1v) is 9.88. The van der Waals surface area contributed by atoms with Crippen molar-refractivity contribution < 1.29 is 19.2 Å². The molecule has 148 valence electrons. The molecule has 0 atom stereocenters. The zero-order chi connectivity index (χ0) is 19.6. The Balaban J connectivity index is 1.73. The molecule has 1 saturated carbocycles. The number of ketones is 1. The van der Waals surface area contributed by atoms with Crippen LogP contribution >= 0.6 is 0 Å². The number of carbonyl (C=O) groups is 2. The Kier molecular flexibility index (Phi) is 6.02. The van der Waals surface area contributed by atoms with Crippen LogP contribution in [-0.2, 0) is 25.6 Å². The Labute approximate surface area is 162 Å². The topological polar surface area (TPSA) is 55.8 Å². The van der Waals surface area contributed by atoms with Crippen LogP contribution in [0.4, 0.5) is 0 Å². The van der Waals surface area contributed by atoms with Crippen molar-refractivity contribution in [2.75, 3.05) is 27.3 Å². The van der Waals surface area contributed by atoms with Crippen molar-refractivity contribution in [2.24, 2.45) is 5.41 Å². The van der Waals surface area contributed by atoms with Crippen molar-refractivity contribution in [3.8, 4) is 0 Å². The maximum absolute atomic E-state index is 12.9. The van der Waals surface area contributed by atoms with E-state index in [2.05, 4.69) is 26.0 Å². The molecule has 0 unspecified atom stereocenters. The first-order chi connectivity index (χ1) is 12.9. The van der Waals surface area contributed by atoms with Gasteiger partial charge in [0.25, 0.3) is 0 Å². The smallest absolute Gasteiger partial charge is 0.312 e. The van der Waals surface area contributed by atoms with Gasteiger partial charge in [-0.3, -0.25) is 9.59 Å². The zero-order valence-corrected chi connectivity index (χ0v) is 17.0. The molecule has 0 amide bonds. The quantitative estimate of drug-likeness (QED) is 0.685. The fraction of sp³-hybridized carbons (Fsp3) is 0.636. The fourth-order valence-electron chi connectivity index (χ4n) is 4.36. The van der Waals surface area contributed by atoms with E-state index >= 15 is 0 Å². The van der Waals surface area contributed by atoms with E-state index in [1.165, 1.54) is 31.1 Å². The summed E-state index contributed by atoms with van der Waals surface area (Å²) in [5, 5.41) is 1.83. The number of methoxy groups -OCH3 is 1. The fourth-order valence-corrected chi connectivity index (χ4v) is 4.36. The minimum atomic E-state index is -0.723. The molecule has 0 bridgehead atoms. The maximum atomic E-state index is 12.9. The number of carbonyl (C=O) groups excluding carboxylic acids is 2. The van der Waals surface area contributed by atoms with E-state index in [-0.39, 0.29) is 18.2 Å². The Hall–Kier alpha value is -1.72. The lowest BCUT2D eigenvalue weighted by atomic mass is 9.74. The predicted octanol–water partition coefficient (Wildman–Crippen LogP) is 3.50. The number of rotatable bonds is 7. The number of benzene rings is 1. The van der Waals surface area contributed by atoms with Crippen LogP contribution in [0, 0.1) is 19.3 Å².